The third-order valence-electron chi connectivity index (χ3n) is 12.9. The Morgan fingerprint density at radius 1 is 0.642 bits per heavy atom. The summed E-state index contributed by atoms with van der Waals surface area (Å²) in [6.45, 7) is 16.7. The SMILES string of the molecule is CCC(=O)Cc1ccccc1F.CCCN(Cc1ccc(C)nc1)C(C)=O.CCCNCc1ccc(-c2cc3nccc(Oc4ccc(C)cc4F)c3s2)nc1.Cc1cc2nccc(Oc3ccc(CC(=O)CC4CC4)cc3F)c2s1. The Bertz CT molecular complexity index is 3530. The van der Waals surface area contributed by atoms with Crippen LogP contribution >= 0.6 is 22.7 Å². The van der Waals surface area contributed by atoms with Crippen molar-refractivity contribution in [3.05, 3.63) is 190 Å². The molecule has 1 aliphatic rings. The second-order valence-electron chi connectivity index (χ2n) is 19.9. The Morgan fingerprint density at radius 2 is 1.30 bits per heavy atom. The number of carbonyl (C=O) groups excluding carboxylic acids is 3. The highest BCUT2D eigenvalue weighted by Gasteiger charge is 2.24. The third kappa shape index (κ3) is 18.7. The Morgan fingerprint density at radius 3 is 1.90 bits per heavy atom. The number of aryl methyl sites for hydroxylation is 3. The third-order valence-corrected chi connectivity index (χ3v) is 15.1. The largest absolute Gasteiger partial charge is 0.453 e. The molecule has 0 aliphatic heterocycles. The number of ether oxygens (including phenoxy) is 2. The van der Waals surface area contributed by atoms with E-state index in [2.05, 4.69) is 45.2 Å². The number of hydrogen-bond donors (Lipinski definition) is 1. The van der Waals surface area contributed by atoms with Crippen molar-refractivity contribution in [3.63, 3.8) is 0 Å². The lowest BCUT2D eigenvalue weighted by Crippen LogP contribution is -2.28. The Labute approximate surface area is 480 Å². The van der Waals surface area contributed by atoms with Gasteiger partial charge in [0.15, 0.2) is 23.1 Å². The van der Waals surface area contributed by atoms with Crippen molar-refractivity contribution in [3.8, 4) is 33.6 Å². The Kier molecular flexibility index (Phi) is 22.8. The molecule has 6 heterocycles. The first-order chi connectivity index (χ1) is 39.1. The second kappa shape index (κ2) is 30.2. The van der Waals surface area contributed by atoms with Crippen molar-refractivity contribution in [2.75, 3.05) is 13.1 Å². The minimum Gasteiger partial charge on any atom is -0.453 e. The van der Waals surface area contributed by atoms with Crippen molar-refractivity contribution in [2.45, 2.75) is 113 Å². The molecule has 1 saturated carbocycles. The van der Waals surface area contributed by atoms with E-state index in [9.17, 15) is 27.6 Å². The molecule has 10 rings (SSSR count). The number of amides is 1. The summed E-state index contributed by atoms with van der Waals surface area (Å²) in [5, 5.41) is 3.38. The number of fused-ring (bicyclic) bond motifs is 2. The second-order valence-corrected chi connectivity index (χ2v) is 22.2. The van der Waals surface area contributed by atoms with Crippen LogP contribution in [0.2, 0.25) is 0 Å². The van der Waals surface area contributed by atoms with E-state index in [1.165, 1.54) is 18.2 Å². The molecule has 81 heavy (non-hydrogen) atoms. The molecule has 0 saturated heterocycles. The minimum absolute atomic E-state index is 0.0695. The van der Waals surface area contributed by atoms with Gasteiger partial charge in [-0.15, -0.1) is 22.7 Å². The van der Waals surface area contributed by atoms with Gasteiger partial charge in [0.2, 0.25) is 5.91 Å². The summed E-state index contributed by atoms with van der Waals surface area (Å²) in [6.07, 6.45) is 13.0. The molecule has 0 unspecified atom stereocenters. The topological polar surface area (TPSA) is 136 Å². The molecule has 3 aromatic carbocycles. The molecule has 1 fully saturated rings. The highest BCUT2D eigenvalue weighted by molar-refractivity contribution is 7.22. The number of aromatic nitrogens is 4. The van der Waals surface area contributed by atoms with Gasteiger partial charge >= 0.3 is 0 Å². The van der Waals surface area contributed by atoms with E-state index in [4.69, 9.17) is 9.47 Å². The summed E-state index contributed by atoms with van der Waals surface area (Å²) in [6, 6.07) is 31.7. The van der Waals surface area contributed by atoms with E-state index in [1.807, 2.05) is 74.5 Å². The fraction of sp³-hybridized carbons (Fsp3) is 0.308. The zero-order valence-electron chi connectivity index (χ0n) is 47.0. The summed E-state index contributed by atoms with van der Waals surface area (Å²) >= 11 is 3.12. The summed E-state index contributed by atoms with van der Waals surface area (Å²) in [7, 11) is 0. The summed E-state index contributed by atoms with van der Waals surface area (Å²) in [5.74, 6) is 1.38. The molecule has 9 aromatic rings. The molecule has 1 aliphatic carbocycles. The number of halogens is 3. The number of nitrogens with zero attached hydrogens (tertiary/aromatic N) is 5. The maximum absolute atomic E-state index is 14.4. The lowest BCUT2D eigenvalue weighted by molar-refractivity contribution is -0.129. The van der Waals surface area contributed by atoms with Crippen LogP contribution in [0.15, 0.2) is 134 Å². The van der Waals surface area contributed by atoms with Crippen LogP contribution in [0.25, 0.3) is 31.0 Å². The van der Waals surface area contributed by atoms with E-state index < -0.39 is 5.82 Å². The van der Waals surface area contributed by atoms with Crippen LogP contribution in [0, 0.1) is 44.1 Å². The Balaban J connectivity index is 0.000000165. The van der Waals surface area contributed by atoms with E-state index >= 15 is 0 Å². The van der Waals surface area contributed by atoms with Gasteiger partial charge in [0.05, 0.1) is 31.0 Å². The van der Waals surface area contributed by atoms with E-state index in [0.29, 0.717) is 47.9 Å². The fourth-order valence-electron chi connectivity index (χ4n) is 8.34. The molecule has 422 valence electrons. The maximum atomic E-state index is 14.4. The lowest BCUT2D eigenvalue weighted by Gasteiger charge is -2.20. The number of benzene rings is 3. The fourth-order valence-corrected chi connectivity index (χ4v) is 10.3. The summed E-state index contributed by atoms with van der Waals surface area (Å²) in [5.41, 5.74) is 7.83. The van der Waals surface area contributed by atoms with Gasteiger partial charge in [-0.05, 0) is 141 Å². The molecule has 6 aromatic heterocycles. The highest BCUT2D eigenvalue weighted by atomic mass is 32.1. The first-order valence-electron chi connectivity index (χ1n) is 27.3. The molecule has 0 radical (unpaired) electrons. The zero-order chi connectivity index (χ0) is 57.8. The number of hydrogen-bond acceptors (Lipinski definition) is 12. The van der Waals surface area contributed by atoms with Crippen molar-refractivity contribution in [1.29, 1.82) is 0 Å². The van der Waals surface area contributed by atoms with Gasteiger partial charge in [-0.25, -0.2) is 13.2 Å². The normalized spacial score (nSPS) is 11.6. The van der Waals surface area contributed by atoms with Crippen LogP contribution in [0.5, 0.6) is 23.0 Å². The monoisotopic (exact) mass is 1130 g/mol. The van der Waals surface area contributed by atoms with Crippen LogP contribution < -0.4 is 14.8 Å². The van der Waals surface area contributed by atoms with Crippen LogP contribution in [-0.2, 0) is 40.3 Å². The van der Waals surface area contributed by atoms with E-state index in [0.717, 1.165) is 104 Å². The molecule has 1 amide bonds. The summed E-state index contributed by atoms with van der Waals surface area (Å²) in [4.78, 5) is 55.7. The first kappa shape index (κ1) is 61.0. The van der Waals surface area contributed by atoms with Crippen LogP contribution in [0.1, 0.15) is 105 Å². The predicted molar refractivity (Wildman–Crippen MR) is 319 cm³/mol. The zero-order valence-corrected chi connectivity index (χ0v) is 48.6. The number of pyridine rings is 4. The molecule has 0 atom stereocenters. The number of thiophene rings is 2. The van der Waals surface area contributed by atoms with Gasteiger partial charge in [-0.3, -0.25) is 34.3 Å². The van der Waals surface area contributed by atoms with Gasteiger partial charge in [-0.1, -0.05) is 63.2 Å². The number of ketones is 2. The van der Waals surface area contributed by atoms with Gasteiger partial charge in [-0.2, -0.15) is 0 Å². The molecule has 0 spiro atoms. The van der Waals surface area contributed by atoms with Crippen LogP contribution in [0.3, 0.4) is 0 Å². The van der Waals surface area contributed by atoms with E-state index in [1.54, 1.807) is 97.4 Å². The van der Waals surface area contributed by atoms with Crippen LogP contribution in [-0.4, -0.2) is 55.4 Å². The predicted octanol–water partition coefficient (Wildman–Crippen LogP) is 16.0. The van der Waals surface area contributed by atoms with Crippen molar-refractivity contribution >= 4 is 60.6 Å². The molecule has 11 nitrogen and oxygen atoms in total. The van der Waals surface area contributed by atoms with Gasteiger partial charge in [0.25, 0.3) is 0 Å². The molecule has 16 heteroatoms. The molecule has 1 N–H and O–H groups in total. The first-order valence-corrected chi connectivity index (χ1v) is 29.0. The molecular weight excluding hydrogens is 1070 g/mol. The average molecular weight is 1140 g/mol. The maximum Gasteiger partial charge on any atom is 0.219 e. The average Bonchev–Trinajstić information content (AvgIpc) is 4.19. The Hall–Kier alpha value is -7.66. The molecule has 0 bridgehead atoms. The van der Waals surface area contributed by atoms with Gasteiger partial charge < -0.3 is 19.7 Å². The smallest absolute Gasteiger partial charge is 0.219 e. The van der Waals surface area contributed by atoms with Crippen molar-refractivity contribution in [1.82, 2.24) is 30.2 Å². The molecular formula is C65H69F3N6O5S2. The van der Waals surface area contributed by atoms with E-state index in [-0.39, 0.29) is 53.4 Å². The number of rotatable bonds is 20. The summed E-state index contributed by atoms with van der Waals surface area (Å²) < 4.78 is 55.0. The van der Waals surface area contributed by atoms with Gasteiger partial charge in [0, 0.05) is 99.7 Å². The van der Waals surface area contributed by atoms with Gasteiger partial charge in [0.1, 0.15) is 28.9 Å². The highest BCUT2D eigenvalue weighted by Crippen LogP contribution is 2.40. The minimum atomic E-state index is -0.449. The van der Waals surface area contributed by atoms with Crippen LogP contribution in [0.4, 0.5) is 13.2 Å². The number of nitrogens with one attached hydrogen (secondary N) is 1. The van der Waals surface area contributed by atoms with Crippen molar-refractivity contribution in [2.24, 2.45) is 5.92 Å². The quantitative estimate of drug-likeness (QED) is 0.0735. The van der Waals surface area contributed by atoms with Crippen molar-refractivity contribution < 1.29 is 37.0 Å². The number of Topliss-reactive ketones (excluding diaryl/α,β-unsaturated/α-hetero) is 2. The lowest BCUT2D eigenvalue weighted by atomic mass is 10.0. The number of carbonyl (C=O) groups is 3. The standard InChI is InChI=1S/C23H22FN3OS.C20H18FNO2S.C12H18N2O.C10H11FO/c1-3-9-25-13-16-5-6-18(27-14-16)22-12-19-23(29-22)21(8-10-26-19)28-20-7-4-15(2)11-17(20)24;1-12-8-17-20(25-12)19(6-7-22-17)24-18-5-4-14(11-16(18)21)10-15(23)9-13-2-3-13;1-4-7-14(11(3)15)9-12-6-5-10(2)13-8-12;1-2-9(12)7-8-5-3-4-6-10(8)11/h4-8,10-12,14,25H,3,9,13H2,1-2H3;4-8,11,13H,2-3,9-10H2,1H3;5-6,8H,4,7,9H2,1-3H3;3-6H,2,7H2,1H3.